The lowest BCUT2D eigenvalue weighted by molar-refractivity contribution is -0.928. The fraction of sp³-hybridized carbons (Fsp3) is 0.389. The van der Waals surface area contributed by atoms with Gasteiger partial charge in [-0.05, 0) is 42.5 Å². The van der Waals surface area contributed by atoms with Gasteiger partial charge in [-0.15, -0.1) is 11.3 Å². The molecule has 2 aromatic rings. The van der Waals surface area contributed by atoms with Crippen molar-refractivity contribution in [3.63, 3.8) is 0 Å². The Morgan fingerprint density at radius 3 is 2.88 bits per heavy atom. The maximum Gasteiger partial charge on any atom is 0.279 e. The first-order chi connectivity index (χ1) is 11.6. The van der Waals surface area contributed by atoms with Gasteiger partial charge in [0.15, 0.2) is 6.54 Å². The van der Waals surface area contributed by atoms with Gasteiger partial charge in [-0.2, -0.15) is 0 Å². The molecular formula is C18H19Cl2N2OS+. The Balaban J connectivity index is 1.47. The minimum absolute atomic E-state index is 0.0125. The molecule has 2 heterocycles. The summed E-state index contributed by atoms with van der Waals surface area (Å²) >= 11 is 13.9. The third-order valence-electron chi connectivity index (χ3n) is 4.91. The van der Waals surface area contributed by atoms with Gasteiger partial charge in [0.2, 0.25) is 0 Å². The molecule has 2 atom stereocenters. The van der Waals surface area contributed by atoms with Crippen LogP contribution < -0.4 is 10.2 Å². The first-order valence-corrected chi connectivity index (χ1v) is 9.91. The molecule has 24 heavy (non-hydrogen) atoms. The molecule has 0 spiro atoms. The van der Waals surface area contributed by atoms with Crippen molar-refractivity contribution in [2.75, 3.05) is 18.4 Å². The highest BCUT2D eigenvalue weighted by Crippen LogP contribution is 2.42. The van der Waals surface area contributed by atoms with Crippen molar-refractivity contribution in [1.82, 2.24) is 0 Å². The lowest BCUT2D eigenvalue weighted by Crippen LogP contribution is -3.14. The maximum atomic E-state index is 12.5. The van der Waals surface area contributed by atoms with Crippen LogP contribution in [0, 0.1) is 5.92 Å². The van der Waals surface area contributed by atoms with Crippen LogP contribution in [0.3, 0.4) is 0 Å². The van der Waals surface area contributed by atoms with Crippen LogP contribution >= 0.6 is 34.5 Å². The van der Waals surface area contributed by atoms with Crippen molar-refractivity contribution in [1.29, 1.82) is 0 Å². The maximum absolute atomic E-state index is 12.5. The number of carbonyl (C=O) groups is 1. The quantitative estimate of drug-likeness (QED) is 0.833. The smallest absolute Gasteiger partial charge is 0.279 e. The minimum Gasteiger partial charge on any atom is -0.320 e. The number of rotatable bonds is 4. The van der Waals surface area contributed by atoms with E-state index in [1.807, 2.05) is 11.3 Å². The molecule has 1 aliphatic heterocycles. The predicted molar refractivity (Wildman–Crippen MR) is 99.3 cm³/mol. The van der Waals surface area contributed by atoms with E-state index in [-0.39, 0.29) is 5.91 Å². The molecule has 4 rings (SSSR count). The highest BCUT2D eigenvalue weighted by molar-refractivity contribution is 7.10. The van der Waals surface area contributed by atoms with Crippen molar-refractivity contribution in [2.45, 2.75) is 25.3 Å². The van der Waals surface area contributed by atoms with E-state index in [1.165, 1.54) is 28.2 Å². The molecule has 1 amide bonds. The van der Waals surface area contributed by atoms with Gasteiger partial charge >= 0.3 is 0 Å². The van der Waals surface area contributed by atoms with E-state index in [9.17, 15) is 4.79 Å². The zero-order chi connectivity index (χ0) is 16.7. The topological polar surface area (TPSA) is 33.5 Å². The molecule has 1 aliphatic carbocycles. The zero-order valence-corrected chi connectivity index (χ0v) is 15.5. The van der Waals surface area contributed by atoms with E-state index in [1.54, 1.807) is 18.2 Å². The lowest BCUT2D eigenvalue weighted by atomic mass is 9.96. The van der Waals surface area contributed by atoms with Crippen molar-refractivity contribution in [3.8, 4) is 0 Å². The molecule has 2 N–H and O–H groups in total. The average Bonchev–Trinajstić information content (AvgIpc) is 3.26. The summed E-state index contributed by atoms with van der Waals surface area (Å²) in [6, 6.07) is 7.88. The second-order valence-corrected chi connectivity index (χ2v) is 8.47. The number of thiophene rings is 1. The van der Waals surface area contributed by atoms with E-state index in [2.05, 4.69) is 16.8 Å². The second kappa shape index (κ2) is 6.68. The molecule has 1 saturated carbocycles. The number of fused-ring (bicyclic) bond motifs is 1. The molecule has 0 radical (unpaired) electrons. The van der Waals surface area contributed by atoms with Crippen LogP contribution in [-0.4, -0.2) is 19.0 Å². The van der Waals surface area contributed by atoms with Gasteiger partial charge in [0.05, 0.1) is 17.3 Å². The molecule has 1 unspecified atom stereocenters. The van der Waals surface area contributed by atoms with E-state index >= 15 is 0 Å². The summed E-state index contributed by atoms with van der Waals surface area (Å²) in [4.78, 5) is 15.4. The van der Waals surface area contributed by atoms with Gasteiger partial charge in [-0.1, -0.05) is 23.2 Å². The predicted octanol–water partition coefficient (Wildman–Crippen LogP) is 3.59. The van der Waals surface area contributed by atoms with Gasteiger partial charge in [-0.25, -0.2) is 0 Å². The number of anilines is 1. The highest BCUT2D eigenvalue weighted by atomic mass is 35.5. The largest absolute Gasteiger partial charge is 0.320 e. The Morgan fingerprint density at radius 2 is 2.12 bits per heavy atom. The van der Waals surface area contributed by atoms with Crippen LogP contribution in [0.1, 0.15) is 29.3 Å². The van der Waals surface area contributed by atoms with E-state index in [0.717, 1.165) is 18.9 Å². The van der Waals surface area contributed by atoms with Crippen molar-refractivity contribution < 1.29 is 9.69 Å². The number of benzene rings is 1. The molecule has 126 valence electrons. The van der Waals surface area contributed by atoms with E-state index < -0.39 is 0 Å². The van der Waals surface area contributed by atoms with Gasteiger partial charge < -0.3 is 10.2 Å². The lowest BCUT2D eigenvalue weighted by Gasteiger charge is -2.32. The summed E-state index contributed by atoms with van der Waals surface area (Å²) in [5.74, 6) is 0.749. The third kappa shape index (κ3) is 3.33. The molecule has 0 bridgehead atoms. The Hall–Kier alpha value is -1.07. The number of halogens is 2. The number of quaternary nitrogens is 1. The molecule has 2 aliphatic rings. The molecule has 6 heteroatoms. The molecular weight excluding hydrogens is 363 g/mol. The molecule has 1 aromatic carbocycles. The summed E-state index contributed by atoms with van der Waals surface area (Å²) in [5.41, 5.74) is 2.10. The first-order valence-electron chi connectivity index (χ1n) is 8.27. The van der Waals surface area contributed by atoms with Gasteiger partial charge in [0.25, 0.3) is 5.91 Å². The third-order valence-corrected chi connectivity index (χ3v) is 6.46. The first kappa shape index (κ1) is 16.4. The fourth-order valence-electron chi connectivity index (χ4n) is 3.69. The number of amides is 1. The van der Waals surface area contributed by atoms with Crippen LogP contribution in [-0.2, 0) is 11.2 Å². The summed E-state index contributed by atoms with van der Waals surface area (Å²) in [6.07, 6.45) is 3.64. The summed E-state index contributed by atoms with van der Waals surface area (Å²) in [6.45, 7) is 1.51. The molecule has 0 saturated heterocycles. The van der Waals surface area contributed by atoms with Crippen molar-refractivity contribution in [3.05, 3.63) is 50.1 Å². The Kier molecular flexibility index (Phi) is 4.56. The number of hydrogen-bond acceptors (Lipinski definition) is 2. The Labute approximate surface area is 155 Å². The van der Waals surface area contributed by atoms with Crippen molar-refractivity contribution in [2.24, 2.45) is 5.92 Å². The number of carbonyl (C=O) groups excluding carboxylic acids is 1. The van der Waals surface area contributed by atoms with Gasteiger partial charge in [-0.3, -0.25) is 4.79 Å². The van der Waals surface area contributed by atoms with E-state index in [0.29, 0.717) is 28.3 Å². The standard InChI is InChI=1S/C18H18Cl2N2OS/c19-12-3-4-15(14(20)9-12)21-17(23)10-22-7-5-16-13(6-8-24-16)18(22)11-1-2-11/h3-4,6,8-9,11,18H,1-2,5,7,10H2,(H,21,23)/p+1/t18-/m1/s1. The molecule has 3 nitrogen and oxygen atoms in total. The highest BCUT2D eigenvalue weighted by Gasteiger charge is 2.43. The van der Waals surface area contributed by atoms with Crippen LogP contribution in [0.25, 0.3) is 0 Å². The Morgan fingerprint density at radius 1 is 1.29 bits per heavy atom. The SMILES string of the molecule is O=C(C[NH+]1CCc2sccc2[C@H]1C1CC1)Nc1ccc(Cl)cc1Cl. The Bertz CT molecular complexity index is 772. The van der Waals surface area contributed by atoms with Gasteiger partial charge in [0, 0.05) is 27.8 Å². The number of hydrogen-bond donors (Lipinski definition) is 2. The van der Waals surface area contributed by atoms with Crippen LogP contribution in [0.5, 0.6) is 0 Å². The average molecular weight is 382 g/mol. The molecule has 1 aromatic heterocycles. The number of nitrogens with one attached hydrogen (secondary N) is 2. The van der Waals surface area contributed by atoms with E-state index in [4.69, 9.17) is 23.2 Å². The van der Waals surface area contributed by atoms with Gasteiger partial charge in [0.1, 0.15) is 6.04 Å². The fourth-order valence-corrected chi connectivity index (χ4v) is 5.07. The van der Waals surface area contributed by atoms with Crippen LogP contribution in [0.2, 0.25) is 10.0 Å². The minimum atomic E-state index is 0.0125. The molecule has 1 fully saturated rings. The normalized spacial score (nSPS) is 22.9. The monoisotopic (exact) mass is 381 g/mol. The summed E-state index contributed by atoms with van der Waals surface area (Å²) < 4.78 is 0. The zero-order valence-electron chi connectivity index (χ0n) is 13.1. The van der Waals surface area contributed by atoms with Crippen molar-refractivity contribution >= 4 is 46.1 Å². The summed E-state index contributed by atoms with van der Waals surface area (Å²) in [7, 11) is 0. The second-order valence-electron chi connectivity index (χ2n) is 6.62. The van der Waals surface area contributed by atoms with Crippen LogP contribution in [0.15, 0.2) is 29.6 Å². The van der Waals surface area contributed by atoms with Crippen LogP contribution in [0.4, 0.5) is 5.69 Å². The summed E-state index contributed by atoms with van der Waals surface area (Å²) in [5, 5.41) is 6.17.